The van der Waals surface area contributed by atoms with Crippen LogP contribution >= 0.6 is 0 Å². The normalized spacial score (nSPS) is 20.4. The highest BCUT2D eigenvalue weighted by Crippen LogP contribution is 2.39. The van der Waals surface area contributed by atoms with Crippen molar-refractivity contribution in [1.29, 1.82) is 0 Å². The summed E-state index contributed by atoms with van der Waals surface area (Å²) in [5.41, 5.74) is 0.531. The summed E-state index contributed by atoms with van der Waals surface area (Å²) in [5.74, 6) is -0.221. The zero-order valence-electron chi connectivity index (χ0n) is 16.9. The van der Waals surface area contributed by atoms with E-state index in [0.717, 1.165) is 43.9 Å². The molecule has 1 aliphatic carbocycles. The summed E-state index contributed by atoms with van der Waals surface area (Å²) in [5, 5.41) is 1.02. The van der Waals surface area contributed by atoms with E-state index >= 15 is 0 Å². The zero-order valence-corrected chi connectivity index (χ0v) is 16.9. The molecule has 28 heavy (non-hydrogen) atoms. The Morgan fingerprint density at radius 3 is 2.54 bits per heavy atom. The van der Waals surface area contributed by atoms with Crippen molar-refractivity contribution >= 4 is 10.8 Å². The van der Waals surface area contributed by atoms with Crippen LogP contribution in [0.5, 0.6) is 5.75 Å². The fourth-order valence-corrected chi connectivity index (χ4v) is 4.03. The third-order valence-electron chi connectivity index (χ3n) is 5.68. The third-order valence-corrected chi connectivity index (χ3v) is 5.68. The van der Waals surface area contributed by atoms with Crippen molar-refractivity contribution in [3.8, 4) is 5.75 Å². The molecule has 0 saturated heterocycles. The second kappa shape index (κ2) is 9.86. The van der Waals surface area contributed by atoms with E-state index in [4.69, 9.17) is 4.74 Å². The molecule has 2 aromatic carbocycles. The fraction of sp³-hybridized carbons (Fsp3) is 0.440. The Labute approximate surface area is 167 Å². The minimum Gasteiger partial charge on any atom is -0.490 e. The van der Waals surface area contributed by atoms with Gasteiger partial charge in [-0.25, -0.2) is 8.78 Å². The molecule has 150 valence electrons. The maximum Gasteiger partial charge on any atom is 0.167 e. The topological polar surface area (TPSA) is 9.23 Å². The van der Waals surface area contributed by atoms with Crippen LogP contribution < -0.4 is 4.74 Å². The molecule has 3 heteroatoms. The number of unbranched alkanes of at least 4 members (excludes halogenated alkanes) is 1. The summed E-state index contributed by atoms with van der Waals surface area (Å²) in [4.78, 5) is 0. The molecule has 0 amide bonds. The monoisotopic (exact) mass is 384 g/mol. The highest BCUT2D eigenvalue weighted by atomic mass is 19.2. The lowest BCUT2D eigenvalue weighted by Gasteiger charge is -2.27. The number of halogens is 2. The first kappa shape index (κ1) is 20.6. The molecule has 1 aliphatic rings. The predicted octanol–water partition coefficient (Wildman–Crippen LogP) is 7.70. The molecule has 0 radical (unpaired) electrons. The number of ether oxygens (including phenoxy) is 1. The van der Waals surface area contributed by atoms with E-state index in [1.54, 1.807) is 6.07 Å². The van der Waals surface area contributed by atoms with E-state index in [-0.39, 0.29) is 11.3 Å². The minimum absolute atomic E-state index is 0.0975. The average Bonchev–Trinajstić information content (AvgIpc) is 2.72. The van der Waals surface area contributed by atoms with Crippen LogP contribution in [0, 0.1) is 17.6 Å². The number of allylic oxidation sites excluding steroid dienone is 3. The molecule has 0 spiro atoms. The molecule has 0 N–H and O–H groups in total. The maximum absolute atomic E-state index is 14.9. The Kier molecular flexibility index (Phi) is 7.24. The fourth-order valence-electron chi connectivity index (χ4n) is 4.03. The molecule has 0 bridgehead atoms. The van der Waals surface area contributed by atoms with Gasteiger partial charge in [0.2, 0.25) is 0 Å². The first-order valence-corrected chi connectivity index (χ1v) is 10.5. The number of fused-ring (bicyclic) bond motifs is 1. The highest BCUT2D eigenvalue weighted by molar-refractivity contribution is 5.85. The van der Waals surface area contributed by atoms with Crippen LogP contribution in [-0.2, 0) is 0 Å². The summed E-state index contributed by atoms with van der Waals surface area (Å²) in [6.07, 6.45) is 14.5. The lowest BCUT2D eigenvalue weighted by atomic mass is 9.78. The van der Waals surface area contributed by atoms with Crippen LogP contribution in [0.3, 0.4) is 0 Å². The van der Waals surface area contributed by atoms with Crippen molar-refractivity contribution < 1.29 is 13.5 Å². The Bertz CT molecular complexity index is 845. The molecule has 0 aromatic heterocycles. The van der Waals surface area contributed by atoms with Crippen LogP contribution in [0.1, 0.15) is 63.9 Å². The largest absolute Gasteiger partial charge is 0.490 e. The minimum atomic E-state index is -0.756. The van der Waals surface area contributed by atoms with Crippen molar-refractivity contribution in [2.24, 2.45) is 5.92 Å². The summed E-state index contributed by atoms with van der Waals surface area (Å²) in [6, 6.07) is 7.08. The van der Waals surface area contributed by atoms with Crippen molar-refractivity contribution in [3.05, 3.63) is 65.8 Å². The second-order valence-electron chi connectivity index (χ2n) is 7.69. The molecule has 0 heterocycles. The van der Waals surface area contributed by atoms with E-state index in [2.05, 4.69) is 19.1 Å². The summed E-state index contributed by atoms with van der Waals surface area (Å²) < 4.78 is 35.2. The Morgan fingerprint density at radius 2 is 1.82 bits per heavy atom. The molecule has 1 nitrogen and oxygen atoms in total. The van der Waals surface area contributed by atoms with Crippen LogP contribution in [-0.4, -0.2) is 6.61 Å². The predicted molar refractivity (Wildman–Crippen MR) is 113 cm³/mol. The first-order valence-electron chi connectivity index (χ1n) is 10.5. The average molecular weight is 385 g/mol. The van der Waals surface area contributed by atoms with Crippen LogP contribution in [0.15, 0.2) is 48.6 Å². The van der Waals surface area contributed by atoms with E-state index in [0.29, 0.717) is 23.8 Å². The van der Waals surface area contributed by atoms with Crippen LogP contribution in [0.4, 0.5) is 8.78 Å². The standard InChI is InChI=1S/C25H30F2O/c1-3-5-7-8-18-9-11-19(12-10-18)22-16-20-13-14-21(28-15-6-4-2)17-23(20)25(27)24(22)26/h4,6-8,13-14,16-19H,3,5,9-12,15H2,1-2H3/b6-4?,8-7+. The molecular formula is C25H30F2O. The van der Waals surface area contributed by atoms with Gasteiger partial charge in [-0.2, -0.15) is 0 Å². The number of benzene rings is 2. The quantitative estimate of drug-likeness (QED) is 0.444. The SMILES string of the molecule is CC=CCOc1ccc2cc(C3CCC(/C=C/CCC)CC3)c(F)c(F)c2c1. The molecule has 1 fully saturated rings. The van der Waals surface area contributed by atoms with Gasteiger partial charge in [-0.3, -0.25) is 0 Å². The highest BCUT2D eigenvalue weighted by Gasteiger charge is 2.25. The Morgan fingerprint density at radius 1 is 1.04 bits per heavy atom. The first-order chi connectivity index (χ1) is 13.6. The van der Waals surface area contributed by atoms with Gasteiger partial charge in [-0.15, -0.1) is 0 Å². The van der Waals surface area contributed by atoms with Gasteiger partial charge in [0, 0.05) is 5.39 Å². The molecule has 3 rings (SSSR count). The lowest BCUT2D eigenvalue weighted by molar-refractivity contribution is 0.362. The third kappa shape index (κ3) is 4.81. The van der Waals surface area contributed by atoms with Gasteiger partial charge in [0.1, 0.15) is 12.4 Å². The van der Waals surface area contributed by atoms with E-state index in [1.165, 1.54) is 0 Å². The van der Waals surface area contributed by atoms with Gasteiger partial charge < -0.3 is 4.74 Å². The Hall–Kier alpha value is -2.16. The zero-order chi connectivity index (χ0) is 19.9. The molecular weight excluding hydrogens is 354 g/mol. The van der Waals surface area contributed by atoms with Gasteiger partial charge in [0.05, 0.1) is 0 Å². The van der Waals surface area contributed by atoms with Crippen molar-refractivity contribution in [2.75, 3.05) is 6.61 Å². The van der Waals surface area contributed by atoms with Crippen LogP contribution in [0.2, 0.25) is 0 Å². The van der Waals surface area contributed by atoms with E-state index < -0.39 is 11.6 Å². The smallest absolute Gasteiger partial charge is 0.167 e. The van der Waals surface area contributed by atoms with Gasteiger partial charge in [0.15, 0.2) is 11.6 Å². The van der Waals surface area contributed by atoms with Crippen molar-refractivity contribution in [1.82, 2.24) is 0 Å². The summed E-state index contributed by atoms with van der Waals surface area (Å²) in [7, 11) is 0. The summed E-state index contributed by atoms with van der Waals surface area (Å²) in [6.45, 7) is 4.51. The molecule has 0 unspecified atom stereocenters. The van der Waals surface area contributed by atoms with Crippen molar-refractivity contribution in [3.63, 3.8) is 0 Å². The summed E-state index contributed by atoms with van der Waals surface area (Å²) >= 11 is 0. The van der Waals surface area contributed by atoms with E-state index in [1.807, 2.05) is 37.3 Å². The van der Waals surface area contributed by atoms with Gasteiger partial charge in [-0.05, 0) is 80.0 Å². The Balaban J connectivity index is 1.77. The number of rotatable bonds is 7. The van der Waals surface area contributed by atoms with Gasteiger partial charge >= 0.3 is 0 Å². The number of hydrogen-bond donors (Lipinski definition) is 0. The number of hydrogen-bond acceptors (Lipinski definition) is 1. The van der Waals surface area contributed by atoms with Gasteiger partial charge in [0.25, 0.3) is 0 Å². The van der Waals surface area contributed by atoms with Crippen LogP contribution in [0.25, 0.3) is 10.8 Å². The second-order valence-corrected chi connectivity index (χ2v) is 7.69. The lowest BCUT2D eigenvalue weighted by Crippen LogP contribution is -2.13. The van der Waals surface area contributed by atoms with E-state index in [9.17, 15) is 8.78 Å². The van der Waals surface area contributed by atoms with Gasteiger partial charge in [-0.1, -0.05) is 43.7 Å². The maximum atomic E-state index is 14.9. The van der Waals surface area contributed by atoms with Crippen molar-refractivity contribution in [2.45, 2.75) is 58.3 Å². The molecule has 0 atom stereocenters. The molecule has 1 saturated carbocycles. The molecule has 2 aromatic rings. The molecule has 0 aliphatic heterocycles.